The van der Waals surface area contributed by atoms with Crippen molar-refractivity contribution in [1.29, 1.82) is 0 Å². The Balaban J connectivity index is 1.42. The van der Waals surface area contributed by atoms with E-state index in [1.165, 1.54) is 17.0 Å². The van der Waals surface area contributed by atoms with Crippen molar-refractivity contribution in [3.05, 3.63) is 59.2 Å². The molecule has 0 radical (unpaired) electrons. The van der Waals surface area contributed by atoms with Crippen LogP contribution < -0.4 is 10.2 Å². The smallest absolute Gasteiger partial charge is 0.337 e. The third kappa shape index (κ3) is 3.44. The zero-order chi connectivity index (χ0) is 23.6. The van der Waals surface area contributed by atoms with Crippen LogP contribution in [0, 0.1) is 30.6 Å². The predicted octanol–water partition coefficient (Wildman–Crippen LogP) is 4.23. The number of imide groups is 1. The van der Waals surface area contributed by atoms with Gasteiger partial charge < -0.3 is 10.4 Å². The van der Waals surface area contributed by atoms with E-state index in [9.17, 15) is 24.3 Å². The summed E-state index contributed by atoms with van der Waals surface area (Å²) in [5.41, 5.74) is 1.54. The lowest BCUT2D eigenvalue weighted by Gasteiger charge is -2.28. The van der Waals surface area contributed by atoms with Crippen LogP contribution in [0.4, 0.5) is 11.4 Å². The number of carboxylic acids is 1. The maximum atomic E-state index is 13.3. The minimum Gasteiger partial charge on any atom is -0.478 e. The van der Waals surface area contributed by atoms with Crippen LogP contribution in [-0.2, 0) is 9.59 Å². The van der Waals surface area contributed by atoms with E-state index < -0.39 is 11.9 Å². The van der Waals surface area contributed by atoms with Crippen molar-refractivity contribution in [2.75, 3.05) is 10.2 Å². The number of benzene rings is 2. The quantitative estimate of drug-likeness (QED) is 0.419. The normalized spacial score (nSPS) is 30.0. The number of carboxylic acid groups (broad SMARTS) is 1. The van der Waals surface area contributed by atoms with E-state index in [4.69, 9.17) is 0 Å². The van der Waals surface area contributed by atoms with Crippen LogP contribution >= 0.6 is 31.9 Å². The van der Waals surface area contributed by atoms with Gasteiger partial charge in [-0.1, -0.05) is 44.0 Å². The molecule has 1 heterocycles. The van der Waals surface area contributed by atoms with Gasteiger partial charge in [0.2, 0.25) is 11.8 Å². The molecule has 2 bridgehead atoms. The fraction of sp³-hybridized carbons (Fsp3) is 0.333. The molecule has 2 saturated carbocycles. The molecule has 0 aromatic heterocycles. The summed E-state index contributed by atoms with van der Waals surface area (Å²) in [4.78, 5) is 52.5. The molecule has 7 nitrogen and oxygen atoms in total. The van der Waals surface area contributed by atoms with E-state index in [1.54, 1.807) is 37.3 Å². The summed E-state index contributed by atoms with van der Waals surface area (Å²) in [6.45, 7) is 1.80. The molecule has 3 aliphatic rings. The van der Waals surface area contributed by atoms with Gasteiger partial charge in [-0.3, -0.25) is 19.3 Å². The number of hydrogen-bond donors (Lipinski definition) is 2. The van der Waals surface area contributed by atoms with Crippen molar-refractivity contribution >= 4 is 66.9 Å². The SMILES string of the molecule is Cc1ccc(C(=O)O)c(NC(=O)c2cccc(N3C(=O)[C@@H]4[C@H]5C[C@@H]([C@@H](Br)[C@H]5Br)[C@H]4C3=O)c2)c1. The molecule has 3 fully saturated rings. The first-order valence-corrected chi connectivity index (χ1v) is 12.4. The van der Waals surface area contributed by atoms with Gasteiger partial charge in [-0.15, -0.1) is 0 Å². The van der Waals surface area contributed by atoms with E-state index in [2.05, 4.69) is 37.2 Å². The second kappa shape index (κ2) is 8.06. The van der Waals surface area contributed by atoms with Crippen molar-refractivity contribution in [2.45, 2.75) is 23.0 Å². The largest absolute Gasteiger partial charge is 0.478 e. The zero-order valence-electron chi connectivity index (χ0n) is 17.5. The lowest BCUT2D eigenvalue weighted by molar-refractivity contribution is -0.123. The molecule has 3 amide bonds. The Labute approximate surface area is 206 Å². The van der Waals surface area contributed by atoms with Gasteiger partial charge in [0.05, 0.1) is 28.8 Å². The summed E-state index contributed by atoms with van der Waals surface area (Å²) < 4.78 is 0. The van der Waals surface area contributed by atoms with E-state index in [0.29, 0.717) is 5.69 Å². The molecule has 0 unspecified atom stereocenters. The Hall–Kier alpha value is -2.52. The van der Waals surface area contributed by atoms with Gasteiger partial charge in [0, 0.05) is 15.2 Å². The highest BCUT2D eigenvalue weighted by molar-refractivity contribution is 9.12. The third-order valence-electron chi connectivity index (χ3n) is 7.01. The number of aromatic carboxylic acids is 1. The fourth-order valence-corrected chi connectivity index (χ4v) is 7.41. The van der Waals surface area contributed by atoms with Gasteiger partial charge in [-0.2, -0.15) is 0 Å². The van der Waals surface area contributed by atoms with Gasteiger partial charge in [0.1, 0.15) is 0 Å². The lowest BCUT2D eigenvalue weighted by atomic mass is 9.81. The molecule has 6 atom stereocenters. The number of rotatable bonds is 4. The lowest BCUT2D eigenvalue weighted by Crippen LogP contribution is -2.37. The van der Waals surface area contributed by atoms with Crippen molar-refractivity contribution in [2.24, 2.45) is 23.7 Å². The number of hydrogen-bond acceptors (Lipinski definition) is 4. The van der Waals surface area contributed by atoms with Crippen LogP contribution in [0.3, 0.4) is 0 Å². The molecule has 1 saturated heterocycles. The Bertz CT molecular complexity index is 1180. The van der Waals surface area contributed by atoms with Crippen molar-refractivity contribution in [1.82, 2.24) is 0 Å². The number of aryl methyl sites for hydroxylation is 1. The average Bonchev–Trinajstić information content (AvgIpc) is 3.38. The summed E-state index contributed by atoms with van der Waals surface area (Å²) in [5, 5.41) is 12.1. The number of carbonyl (C=O) groups excluding carboxylic acids is 3. The van der Waals surface area contributed by atoms with Gasteiger partial charge in [-0.25, -0.2) is 4.79 Å². The Morgan fingerprint density at radius 1 is 1.00 bits per heavy atom. The summed E-state index contributed by atoms with van der Waals surface area (Å²) in [7, 11) is 0. The molecule has 2 aromatic rings. The maximum absolute atomic E-state index is 13.3. The molecular formula is C24H20Br2N2O5. The van der Waals surface area contributed by atoms with Crippen LogP contribution in [0.5, 0.6) is 0 Å². The van der Waals surface area contributed by atoms with Gasteiger partial charge in [0.15, 0.2) is 0 Å². The summed E-state index contributed by atoms with van der Waals surface area (Å²) in [6, 6.07) is 11.0. The molecule has 5 rings (SSSR count). The number of carbonyl (C=O) groups is 4. The van der Waals surface area contributed by atoms with Crippen LogP contribution in [-0.4, -0.2) is 38.5 Å². The number of amides is 3. The van der Waals surface area contributed by atoms with Crippen molar-refractivity contribution < 1.29 is 24.3 Å². The second-order valence-electron chi connectivity index (χ2n) is 8.87. The predicted molar refractivity (Wildman–Crippen MR) is 129 cm³/mol. The first kappa shape index (κ1) is 22.3. The summed E-state index contributed by atoms with van der Waals surface area (Å²) in [6.07, 6.45) is 0.845. The van der Waals surface area contributed by atoms with E-state index in [-0.39, 0.29) is 62.0 Å². The van der Waals surface area contributed by atoms with Crippen LogP contribution in [0.1, 0.15) is 32.7 Å². The monoisotopic (exact) mass is 574 g/mol. The Morgan fingerprint density at radius 3 is 2.24 bits per heavy atom. The first-order chi connectivity index (χ1) is 15.7. The average molecular weight is 576 g/mol. The van der Waals surface area contributed by atoms with Crippen molar-refractivity contribution in [3.63, 3.8) is 0 Å². The molecule has 1 aliphatic heterocycles. The highest BCUT2D eigenvalue weighted by Gasteiger charge is 2.66. The topological polar surface area (TPSA) is 104 Å². The molecule has 170 valence electrons. The van der Waals surface area contributed by atoms with Gasteiger partial charge in [-0.05, 0) is 61.1 Å². The van der Waals surface area contributed by atoms with Crippen molar-refractivity contribution in [3.8, 4) is 0 Å². The fourth-order valence-electron chi connectivity index (χ4n) is 5.53. The van der Waals surface area contributed by atoms with E-state index in [0.717, 1.165) is 12.0 Å². The standard InChI is InChI=1S/C24H20Br2N2O5/c1-10-5-6-13(24(32)33)16(7-10)27-21(29)11-3-2-4-12(8-11)28-22(30)17-14-9-15(18(17)23(28)31)20(26)19(14)25/h2-8,14-15,17-20H,9H2,1H3,(H,27,29)(H,32,33)/t14-,15-,17-,18-,19-,20+/m1/s1. The first-order valence-electron chi connectivity index (χ1n) is 10.6. The Morgan fingerprint density at radius 2 is 1.64 bits per heavy atom. The minimum absolute atomic E-state index is 0.0213. The minimum atomic E-state index is -1.15. The Kier molecular flexibility index (Phi) is 5.44. The van der Waals surface area contributed by atoms with Crippen LogP contribution in [0.15, 0.2) is 42.5 Å². The van der Waals surface area contributed by atoms with E-state index in [1.807, 2.05) is 0 Å². The number of nitrogens with zero attached hydrogens (tertiary/aromatic N) is 1. The highest BCUT2D eigenvalue weighted by Crippen LogP contribution is 2.60. The van der Waals surface area contributed by atoms with Crippen LogP contribution in [0.25, 0.3) is 0 Å². The summed E-state index contributed by atoms with van der Waals surface area (Å²) >= 11 is 7.36. The maximum Gasteiger partial charge on any atom is 0.337 e. The number of halogens is 2. The molecule has 2 N–H and O–H groups in total. The second-order valence-corrected chi connectivity index (χ2v) is 11.0. The number of nitrogens with one attached hydrogen (secondary N) is 1. The molecule has 0 spiro atoms. The molecule has 33 heavy (non-hydrogen) atoms. The number of alkyl halides is 2. The van der Waals surface area contributed by atoms with E-state index >= 15 is 0 Å². The van der Waals surface area contributed by atoms with Crippen LogP contribution in [0.2, 0.25) is 0 Å². The van der Waals surface area contributed by atoms with Gasteiger partial charge >= 0.3 is 5.97 Å². The summed E-state index contributed by atoms with van der Waals surface area (Å²) in [5.74, 6) is -2.58. The molecular weight excluding hydrogens is 556 g/mol. The molecule has 9 heteroatoms. The number of fused-ring (bicyclic) bond motifs is 5. The zero-order valence-corrected chi connectivity index (χ0v) is 20.7. The van der Waals surface area contributed by atoms with Gasteiger partial charge in [0.25, 0.3) is 5.91 Å². The molecule has 2 aliphatic carbocycles. The molecule has 2 aromatic carbocycles. The number of anilines is 2. The third-order valence-corrected chi connectivity index (χ3v) is 10.2. The highest BCUT2D eigenvalue weighted by atomic mass is 79.9.